The lowest BCUT2D eigenvalue weighted by atomic mass is 10.0. The highest BCUT2D eigenvalue weighted by Gasteiger charge is 1.99. The first-order valence-electron chi connectivity index (χ1n) is 6.58. The van der Waals surface area contributed by atoms with Crippen LogP contribution in [-0.2, 0) is 6.42 Å². The lowest BCUT2D eigenvalue weighted by Gasteiger charge is -2.03. The Morgan fingerprint density at radius 2 is 1.50 bits per heavy atom. The average molecular weight is 222 g/mol. The quantitative estimate of drug-likeness (QED) is 0.536. The molecule has 0 aliphatic carbocycles. The lowest BCUT2D eigenvalue weighted by Crippen LogP contribution is -1.90. The van der Waals surface area contributed by atoms with Crippen LogP contribution in [0.4, 0.5) is 4.39 Å². The largest absolute Gasteiger partial charge is 0.207 e. The zero-order valence-corrected chi connectivity index (χ0v) is 10.3. The highest BCUT2D eigenvalue weighted by atomic mass is 19.1. The number of hydrogen-bond donors (Lipinski definition) is 0. The summed E-state index contributed by atoms with van der Waals surface area (Å²) >= 11 is 0. The molecule has 0 spiro atoms. The van der Waals surface area contributed by atoms with Gasteiger partial charge in [-0.1, -0.05) is 63.6 Å². The van der Waals surface area contributed by atoms with Crippen LogP contribution in [-0.4, -0.2) is 0 Å². The van der Waals surface area contributed by atoms with Gasteiger partial charge in [0.05, 0.1) is 0 Å². The molecule has 1 aromatic rings. The minimum atomic E-state index is -0.0477. The molecule has 1 aromatic carbocycles. The Kier molecular flexibility index (Phi) is 6.87. The predicted molar refractivity (Wildman–Crippen MR) is 68.1 cm³/mol. The standard InChI is InChI=1S/C15H23F/c1-2-3-4-5-6-7-8-11-14-12-9-10-13-15(14)16/h9-10,12-13H,2-8,11H2,1H3. The second-order valence-electron chi connectivity index (χ2n) is 4.46. The molecule has 0 saturated carbocycles. The first-order chi connectivity index (χ1) is 7.84. The van der Waals surface area contributed by atoms with Crippen molar-refractivity contribution in [2.24, 2.45) is 0 Å². The maximum Gasteiger partial charge on any atom is 0.126 e. The molecule has 1 rings (SSSR count). The third-order valence-corrected chi connectivity index (χ3v) is 3.01. The summed E-state index contributed by atoms with van der Waals surface area (Å²) in [6.07, 6.45) is 9.89. The zero-order valence-electron chi connectivity index (χ0n) is 10.3. The highest BCUT2D eigenvalue weighted by molar-refractivity contribution is 5.17. The molecule has 0 radical (unpaired) electrons. The molecule has 90 valence electrons. The van der Waals surface area contributed by atoms with E-state index in [4.69, 9.17) is 0 Å². The van der Waals surface area contributed by atoms with Gasteiger partial charge in [0.2, 0.25) is 0 Å². The second-order valence-corrected chi connectivity index (χ2v) is 4.46. The smallest absolute Gasteiger partial charge is 0.126 e. The third-order valence-electron chi connectivity index (χ3n) is 3.01. The second kappa shape index (κ2) is 8.32. The molecule has 0 nitrogen and oxygen atoms in total. The number of rotatable bonds is 8. The monoisotopic (exact) mass is 222 g/mol. The van der Waals surface area contributed by atoms with Gasteiger partial charge in [-0.2, -0.15) is 0 Å². The van der Waals surface area contributed by atoms with Crippen molar-refractivity contribution < 1.29 is 4.39 Å². The van der Waals surface area contributed by atoms with Gasteiger partial charge in [0.25, 0.3) is 0 Å². The van der Waals surface area contributed by atoms with Gasteiger partial charge >= 0.3 is 0 Å². The lowest BCUT2D eigenvalue weighted by molar-refractivity contribution is 0.572. The van der Waals surface area contributed by atoms with Gasteiger partial charge < -0.3 is 0 Å². The minimum Gasteiger partial charge on any atom is -0.207 e. The van der Waals surface area contributed by atoms with Crippen LogP contribution in [0.1, 0.15) is 57.4 Å². The van der Waals surface area contributed by atoms with E-state index < -0.39 is 0 Å². The maximum atomic E-state index is 13.3. The van der Waals surface area contributed by atoms with E-state index >= 15 is 0 Å². The van der Waals surface area contributed by atoms with Crippen molar-refractivity contribution in [2.75, 3.05) is 0 Å². The molecule has 0 N–H and O–H groups in total. The zero-order chi connectivity index (χ0) is 11.6. The van der Waals surface area contributed by atoms with E-state index in [-0.39, 0.29) is 5.82 Å². The number of unbranched alkanes of at least 4 members (excludes halogenated alkanes) is 6. The van der Waals surface area contributed by atoms with Gasteiger partial charge in [0.15, 0.2) is 0 Å². The van der Waals surface area contributed by atoms with Gasteiger partial charge in [-0.25, -0.2) is 4.39 Å². The van der Waals surface area contributed by atoms with E-state index in [0.29, 0.717) is 0 Å². The maximum absolute atomic E-state index is 13.3. The van der Waals surface area contributed by atoms with E-state index in [9.17, 15) is 4.39 Å². The van der Waals surface area contributed by atoms with Crippen LogP contribution >= 0.6 is 0 Å². The predicted octanol–water partition coefficient (Wildman–Crippen LogP) is 5.12. The molecule has 0 saturated heterocycles. The Balaban J connectivity index is 2.05. The van der Waals surface area contributed by atoms with Crippen LogP contribution in [0.3, 0.4) is 0 Å². The van der Waals surface area contributed by atoms with E-state index in [1.807, 2.05) is 12.1 Å². The molecule has 16 heavy (non-hydrogen) atoms. The third kappa shape index (κ3) is 5.29. The summed E-state index contributed by atoms with van der Waals surface area (Å²) < 4.78 is 13.3. The molecule has 0 aliphatic rings. The molecule has 0 amide bonds. The summed E-state index contributed by atoms with van der Waals surface area (Å²) in [5, 5.41) is 0. The summed E-state index contributed by atoms with van der Waals surface area (Å²) in [5.74, 6) is -0.0477. The van der Waals surface area contributed by atoms with E-state index in [1.54, 1.807) is 12.1 Å². The van der Waals surface area contributed by atoms with Gasteiger partial charge in [-0.05, 0) is 24.5 Å². The Hall–Kier alpha value is -0.850. The summed E-state index contributed by atoms with van der Waals surface area (Å²) in [4.78, 5) is 0. The van der Waals surface area contributed by atoms with Gasteiger partial charge in [-0.15, -0.1) is 0 Å². The fraction of sp³-hybridized carbons (Fsp3) is 0.600. The van der Waals surface area contributed by atoms with Crippen molar-refractivity contribution in [3.05, 3.63) is 35.6 Å². The molecular weight excluding hydrogens is 199 g/mol. The van der Waals surface area contributed by atoms with E-state index in [0.717, 1.165) is 18.4 Å². The van der Waals surface area contributed by atoms with Crippen LogP contribution in [0.15, 0.2) is 24.3 Å². The fourth-order valence-corrected chi connectivity index (χ4v) is 1.97. The van der Waals surface area contributed by atoms with Crippen LogP contribution in [0, 0.1) is 5.82 Å². The number of benzene rings is 1. The molecule has 0 unspecified atom stereocenters. The van der Waals surface area contributed by atoms with Crippen molar-refractivity contribution in [3.63, 3.8) is 0 Å². The summed E-state index contributed by atoms with van der Waals surface area (Å²) in [7, 11) is 0. The first kappa shape index (κ1) is 13.2. The van der Waals surface area contributed by atoms with Crippen molar-refractivity contribution in [1.82, 2.24) is 0 Å². The number of halogens is 1. The van der Waals surface area contributed by atoms with Crippen molar-refractivity contribution in [2.45, 2.75) is 58.3 Å². The Morgan fingerprint density at radius 1 is 0.875 bits per heavy atom. The summed E-state index contributed by atoms with van der Waals surface area (Å²) in [6.45, 7) is 2.23. The highest BCUT2D eigenvalue weighted by Crippen LogP contribution is 2.12. The minimum absolute atomic E-state index is 0.0477. The molecule has 1 heteroatoms. The van der Waals surface area contributed by atoms with E-state index in [2.05, 4.69) is 6.92 Å². The van der Waals surface area contributed by atoms with Crippen LogP contribution < -0.4 is 0 Å². The molecule has 0 fully saturated rings. The van der Waals surface area contributed by atoms with E-state index in [1.165, 1.54) is 38.5 Å². The topological polar surface area (TPSA) is 0 Å². The van der Waals surface area contributed by atoms with Crippen LogP contribution in [0.5, 0.6) is 0 Å². The van der Waals surface area contributed by atoms with Gasteiger partial charge in [0.1, 0.15) is 5.82 Å². The summed E-state index contributed by atoms with van der Waals surface area (Å²) in [5.41, 5.74) is 0.871. The Morgan fingerprint density at radius 3 is 2.19 bits per heavy atom. The van der Waals surface area contributed by atoms with Crippen molar-refractivity contribution in [1.29, 1.82) is 0 Å². The Labute approximate surface area is 98.9 Å². The molecular formula is C15H23F. The first-order valence-corrected chi connectivity index (χ1v) is 6.58. The van der Waals surface area contributed by atoms with Gasteiger partial charge in [0, 0.05) is 0 Å². The molecule has 0 bridgehead atoms. The average Bonchev–Trinajstić information content (AvgIpc) is 2.30. The van der Waals surface area contributed by atoms with Crippen molar-refractivity contribution >= 4 is 0 Å². The molecule has 0 atom stereocenters. The molecule has 0 aliphatic heterocycles. The normalized spacial score (nSPS) is 10.6. The summed E-state index contributed by atoms with van der Waals surface area (Å²) in [6, 6.07) is 7.12. The number of hydrogen-bond acceptors (Lipinski definition) is 0. The Bertz CT molecular complexity index is 281. The number of aryl methyl sites for hydroxylation is 1. The fourth-order valence-electron chi connectivity index (χ4n) is 1.97. The molecule has 0 heterocycles. The van der Waals surface area contributed by atoms with Crippen molar-refractivity contribution in [3.8, 4) is 0 Å². The van der Waals surface area contributed by atoms with Crippen LogP contribution in [0.25, 0.3) is 0 Å². The van der Waals surface area contributed by atoms with Crippen LogP contribution in [0.2, 0.25) is 0 Å². The molecule has 0 aromatic heterocycles. The SMILES string of the molecule is CCCCCCCCCc1ccccc1F. The van der Waals surface area contributed by atoms with Gasteiger partial charge in [-0.3, -0.25) is 0 Å².